The SMILES string of the molecule is CC.CC/C=C(/C=C(\NC)C1CC1)NC=O.CCc1cn2cc(C)ccc2n1. The first-order chi connectivity index (χ1) is 13.6. The van der Waals surface area contributed by atoms with Crippen LogP contribution in [0.5, 0.6) is 0 Å². The number of hydrogen-bond donors (Lipinski definition) is 2. The van der Waals surface area contributed by atoms with Crippen molar-refractivity contribution in [1.29, 1.82) is 0 Å². The molecule has 3 rings (SSSR count). The number of allylic oxidation sites excluding steroid dienone is 3. The molecule has 0 radical (unpaired) electrons. The molecule has 0 unspecified atom stereocenters. The Morgan fingerprint density at radius 3 is 2.50 bits per heavy atom. The van der Waals surface area contributed by atoms with E-state index in [0.717, 1.165) is 36.3 Å². The van der Waals surface area contributed by atoms with Crippen LogP contribution in [-0.2, 0) is 11.2 Å². The zero-order chi connectivity index (χ0) is 20.9. The van der Waals surface area contributed by atoms with Crippen LogP contribution in [0, 0.1) is 12.8 Å². The predicted octanol–water partition coefficient (Wildman–Crippen LogP) is 4.77. The van der Waals surface area contributed by atoms with Gasteiger partial charge < -0.3 is 15.0 Å². The Hall–Kier alpha value is -2.56. The smallest absolute Gasteiger partial charge is 0.211 e. The number of carbonyl (C=O) groups is 1. The zero-order valence-corrected chi connectivity index (χ0v) is 18.2. The van der Waals surface area contributed by atoms with E-state index in [9.17, 15) is 4.79 Å². The van der Waals surface area contributed by atoms with E-state index in [1.54, 1.807) is 0 Å². The van der Waals surface area contributed by atoms with Gasteiger partial charge in [0.05, 0.1) is 5.69 Å². The second kappa shape index (κ2) is 12.8. The first-order valence-electron chi connectivity index (χ1n) is 10.3. The molecule has 2 heterocycles. The predicted molar refractivity (Wildman–Crippen MR) is 118 cm³/mol. The Morgan fingerprint density at radius 1 is 1.25 bits per heavy atom. The van der Waals surface area contributed by atoms with Crippen molar-refractivity contribution < 1.29 is 4.79 Å². The Morgan fingerprint density at radius 2 is 1.96 bits per heavy atom. The van der Waals surface area contributed by atoms with Gasteiger partial charge in [0.15, 0.2) is 0 Å². The number of hydrogen-bond acceptors (Lipinski definition) is 3. The second-order valence-electron chi connectivity index (χ2n) is 6.51. The van der Waals surface area contributed by atoms with Gasteiger partial charge in [-0.05, 0) is 56.2 Å². The number of carbonyl (C=O) groups excluding carboxylic acids is 1. The Kier molecular flexibility index (Phi) is 10.7. The number of amides is 1. The van der Waals surface area contributed by atoms with Gasteiger partial charge in [0.2, 0.25) is 6.41 Å². The molecule has 1 amide bonds. The van der Waals surface area contributed by atoms with Crippen LogP contribution in [0.1, 0.15) is 58.2 Å². The molecule has 0 bridgehead atoms. The lowest BCUT2D eigenvalue weighted by atomic mass is 10.2. The number of nitrogens with one attached hydrogen (secondary N) is 2. The summed E-state index contributed by atoms with van der Waals surface area (Å²) in [6.07, 6.45) is 13.4. The third kappa shape index (κ3) is 7.59. The minimum absolute atomic E-state index is 0.675. The van der Waals surface area contributed by atoms with Crippen molar-refractivity contribution in [3.05, 3.63) is 59.3 Å². The molecule has 1 aliphatic rings. The van der Waals surface area contributed by atoms with Crippen LogP contribution in [0.15, 0.2) is 48.1 Å². The Labute approximate surface area is 169 Å². The molecule has 0 atom stereocenters. The third-order valence-electron chi connectivity index (χ3n) is 4.28. The molecule has 1 saturated carbocycles. The van der Waals surface area contributed by atoms with Crippen molar-refractivity contribution in [3.63, 3.8) is 0 Å². The van der Waals surface area contributed by atoms with E-state index in [2.05, 4.69) is 65.3 Å². The summed E-state index contributed by atoms with van der Waals surface area (Å²) >= 11 is 0. The second-order valence-corrected chi connectivity index (χ2v) is 6.51. The van der Waals surface area contributed by atoms with Crippen LogP contribution in [-0.4, -0.2) is 22.8 Å². The highest BCUT2D eigenvalue weighted by Crippen LogP contribution is 2.35. The molecule has 1 aliphatic carbocycles. The van der Waals surface area contributed by atoms with Gasteiger partial charge in [-0.1, -0.05) is 39.8 Å². The summed E-state index contributed by atoms with van der Waals surface area (Å²) in [5, 5.41) is 5.87. The molecule has 2 aromatic rings. The Bertz CT molecular complexity index is 785. The molecular formula is C23H36N4O. The largest absolute Gasteiger partial charge is 0.391 e. The molecule has 154 valence electrons. The zero-order valence-electron chi connectivity index (χ0n) is 18.2. The number of rotatable bonds is 7. The average Bonchev–Trinajstić information content (AvgIpc) is 3.47. The number of nitrogens with zero attached hydrogens (tertiary/aromatic N) is 2. The van der Waals surface area contributed by atoms with Crippen molar-refractivity contribution >= 4 is 12.1 Å². The molecule has 28 heavy (non-hydrogen) atoms. The molecular weight excluding hydrogens is 348 g/mol. The van der Waals surface area contributed by atoms with Gasteiger partial charge in [-0.15, -0.1) is 0 Å². The van der Waals surface area contributed by atoms with E-state index >= 15 is 0 Å². The third-order valence-corrected chi connectivity index (χ3v) is 4.28. The fraction of sp³-hybridized carbons (Fsp3) is 0.478. The molecule has 5 heteroatoms. The van der Waals surface area contributed by atoms with Gasteiger partial charge in [-0.3, -0.25) is 4.79 Å². The van der Waals surface area contributed by atoms with E-state index in [0.29, 0.717) is 5.92 Å². The summed E-state index contributed by atoms with van der Waals surface area (Å²) < 4.78 is 2.08. The van der Waals surface area contributed by atoms with Crippen LogP contribution in [0.4, 0.5) is 0 Å². The van der Waals surface area contributed by atoms with E-state index in [4.69, 9.17) is 0 Å². The monoisotopic (exact) mass is 384 g/mol. The van der Waals surface area contributed by atoms with Crippen molar-refractivity contribution in [1.82, 2.24) is 20.0 Å². The van der Waals surface area contributed by atoms with Gasteiger partial charge in [-0.25, -0.2) is 4.98 Å². The number of fused-ring (bicyclic) bond motifs is 1. The summed E-state index contributed by atoms with van der Waals surface area (Å²) in [4.78, 5) is 14.8. The molecule has 0 aliphatic heterocycles. The maximum absolute atomic E-state index is 10.3. The quantitative estimate of drug-likeness (QED) is 0.534. The summed E-state index contributed by atoms with van der Waals surface area (Å²) in [6.45, 7) is 10.3. The van der Waals surface area contributed by atoms with E-state index in [1.165, 1.54) is 24.1 Å². The number of pyridine rings is 1. The van der Waals surface area contributed by atoms with Crippen LogP contribution in [0.25, 0.3) is 5.65 Å². The lowest BCUT2D eigenvalue weighted by molar-refractivity contribution is -0.108. The molecule has 5 nitrogen and oxygen atoms in total. The summed E-state index contributed by atoms with van der Waals surface area (Å²) in [6, 6.07) is 4.14. The van der Waals surface area contributed by atoms with Gasteiger partial charge in [0.25, 0.3) is 0 Å². The van der Waals surface area contributed by atoms with E-state index in [1.807, 2.05) is 33.0 Å². The number of imidazole rings is 1. The first kappa shape index (κ1) is 23.5. The number of aryl methyl sites for hydroxylation is 2. The highest BCUT2D eigenvalue weighted by Gasteiger charge is 2.25. The van der Waals surface area contributed by atoms with E-state index in [-0.39, 0.29) is 0 Å². The van der Waals surface area contributed by atoms with Crippen LogP contribution in [0.3, 0.4) is 0 Å². The highest BCUT2D eigenvalue weighted by molar-refractivity contribution is 5.52. The van der Waals surface area contributed by atoms with Crippen molar-refractivity contribution in [3.8, 4) is 0 Å². The van der Waals surface area contributed by atoms with Crippen LogP contribution >= 0.6 is 0 Å². The lowest BCUT2D eigenvalue weighted by Gasteiger charge is -2.06. The normalized spacial score (nSPS) is 13.8. The van der Waals surface area contributed by atoms with Crippen molar-refractivity contribution in [2.45, 2.75) is 60.3 Å². The molecule has 0 aromatic carbocycles. The summed E-state index contributed by atoms with van der Waals surface area (Å²) in [5.74, 6) is 0.675. The lowest BCUT2D eigenvalue weighted by Crippen LogP contribution is -2.13. The summed E-state index contributed by atoms with van der Waals surface area (Å²) in [5.41, 5.74) is 5.57. The minimum atomic E-state index is 0.675. The fourth-order valence-electron chi connectivity index (χ4n) is 2.73. The highest BCUT2D eigenvalue weighted by atomic mass is 16.1. The number of aromatic nitrogens is 2. The maximum Gasteiger partial charge on any atom is 0.211 e. The topological polar surface area (TPSA) is 58.4 Å². The van der Waals surface area contributed by atoms with Crippen molar-refractivity contribution in [2.24, 2.45) is 5.92 Å². The molecule has 1 fully saturated rings. The minimum Gasteiger partial charge on any atom is -0.391 e. The van der Waals surface area contributed by atoms with Gasteiger partial charge in [-0.2, -0.15) is 0 Å². The van der Waals surface area contributed by atoms with E-state index < -0.39 is 0 Å². The van der Waals surface area contributed by atoms with Crippen LogP contribution < -0.4 is 10.6 Å². The molecule has 0 spiro atoms. The standard InChI is InChI=1S/C11H18N2O.C10H12N2.C2H6/c1-3-4-10(13-8-14)7-11(12-2)9-5-6-9;1-3-9-7-12-6-8(2)4-5-10(12)11-9;1-2/h4,7-9,12H,3,5-6H2,1-2H3,(H,13,14);4-7H,3H2,1-2H3;1-2H3/b10-4-,11-7-;;. The maximum atomic E-state index is 10.3. The first-order valence-corrected chi connectivity index (χ1v) is 10.3. The summed E-state index contributed by atoms with van der Waals surface area (Å²) in [7, 11) is 1.93. The Balaban J connectivity index is 0.000000259. The molecule has 2 N–H and O–H groups in total. The molecule has 2 aromatic heterocycles. The van der Waals surface area contributed by atoms with Crippen LogP contribution in [0.2, 0.25) is 0 Å². The van der Waals surface area contributed by atoms with Gasteiger partial charge >= 0.3 is 0 Å². The van der Waals surface area contributed by atoms with Gasteiger partial charge in [0, 0.05) is 30.8 Å². The average molecular weight is 385 g/mol. The van der Waals surface area contributed by atoms with Crippen molar-refractivity contribution in [2.75, 3.05) is 7.05 Å². The molecule has 0 saturated heterocycles. The van der Waals surface area contributed by atoms with Gasteiger partial charge in [0.1, 0.15) is 5.65 Å². The fourth-order valence-corrected chi connectivity index (χ4v) is 2.73.